The highest BCUT2D eigenvalue weighted by molar-refractivity contribution is 7.93. The van der Waals surface area contributed by atoms with E-state index in [1.54, 1.807) is 73.1 Å². The number of anilines is 2. The molecule has 0 saturated heterocycles. The largest absolute Gasteiger partial charge is 0.383 e. The molecule has 14 heteroatoms. The van der Waals surface area contributed by atoms with Crippen molar-refractivity contribution in [2.45, 2.75) is 37.5 Å². The number of ether oxygens (including phenoxy) is 2. The summed E-state index contributed by atoms with van der Waals surface area (Å²) >= 11 is 0. The molecule has 0 amide bonds. The van der Waals surface area contributed by atoms with E-state index in [1.807, 2.05) is 39.8 Å². The molecule has 6 aromatic rings. The molecule has 0 aliphatic rings. The molecular formula is C36H40N6O6S2. The SMILES string of the molecule is COCCN(c1cc(C)cc2cn(-n3cc4cc(C)cc(N(CCOC)S(=O)(=O)c5ccc(C)cc5)c4n3)nc12)S(=O)(=O)c1ccc(C)cc1. The van der Waals surface area contributed by atoms with E-state index < -0.39 is 20.0 Å². The van der Waals surface area contributed by atoms with Gasteiger partial charge in [0.15, 0.2) is 0 Å². The van der Waals surface area contributed by atoms with Gasteiger partial charge >= 0.3 is 0 Å². The van der Waals surface area contributed by atoms with Crippen molar-refractivity contribution in [3.63, 3.8) is 0 Å². The minimum atomic E-state index is -3.99. The smallest absolute Gasteiger partial charge is 0.264 e. The molecule has 0 bridgehead atoms. The molecule has 0 radical (unpaired) electrons. The van der Waals surface area contributed by atoms with Crippen molar-refractivity contribution in [2.24, 2.45) is 0 Å². The van der Waals surface area contributed by atoms with Crippen molar-refractivity contribution in [2.75, 3.05) is 49.1 Å². The monoisotopic (exact) mass is 716 g/mol. The summed E-state index contributed by atoms with van der Waals surface area (Å²) in [6, 6.07) is 20.9. The second-order valence-electron chi connectivity index (χ2n) is 12.3. The van der Waals surface area contributed by atoms with Crippen molar-refractivity contribution in [1.29, 1.82) is 0 Å². The second-order valence-corrected chi connectivity index (χ2v) is 16.0. The standard InChI is InChI=1S/C36H40N6O6S2/c1-25-7-11-31(12-8-25)49(43,44)39(15-17-47-5)33-21-27(3)19-29-23-41(37-35(29)33)42-24-30-20-28(4)22-34(36(30)38-42)40(16-18-48-6)50(45,46)32-13-9-26(2)10-14-32/h7-14,19-24H,15-18H2,1-6H3. The molecule has 2 heterocycles. The van der Waals surface area contributed by atoms with E-state index >= 15 is 0 Å². The Bertz CT molecular complexity index is 2220. The molecule has 0 atom stereocenters. The Labute approximate surface area is 292 Å². The Morgan fingerprint density at radius 3 is 1.26 bits per heavy atom. The van der Waals surface area contributed by atoms with Gasteiger partial charge in [0, 0.05) is 25.0 Å². The van der Waals surface area contributed by atoms with Crippen LogP contribution in [0.3, 0.4) is 0 Å². The van der Waals surface area contributed by atoms with Crippen LogP contribution in [0.15, 0.2) is 95.0 Å². The minimum absolute atomic E-state index is 0.0686. The van der Waals surface area contributed by atoms with Gasteiger partial charge in [-0.15, -0.1) is 10.2 Å². The molecule has 0 aliphatic heterocycles. The number of hydrogen-bond acceptors (Lipinski definition) is 8. The summed E-state index contributed by atoms with van der Waals surface area (Å²) in [6.45, 7) is 8.06. The topological polar surface area (TPSA) is 129 Å². The first-order valence-corrected chi connectivity index (χ1v) is 18.9. The highest BCUT2D eigenvalue weighted by atomic mass is 32.2. The first-order valence-electron chi connectivity index (χ1n) is 16.0. The average molecular weight is 717 g/mol. The van der Waals surface area contributed by atoms with Crippen LogP contribution in [0.4, 0.5) is 11.4 Å². The number of hydrogen-bond donors (Lipinski definition) is 0. The summed E-state index contributed by atoms with van der Waals surface area (Å²) in [6.07, 6.45) is 3.53. The van der Waals surface area contributed by atoms with Crippen LogP contribution in [0.5, 0.6) is 0 Å². The average Bonchev–Trinajstić information content (AvgIpc) is 3.70. The lowest BCUT2D eigenvalue weighted by Gasteiger charge is -2.25. The van der Waals surface area contributed by atoms with Gasteiger partial charge in [0.2, 0.25) is 0 Å². The molecule has 0 fully saturated rings. The maximum absolute atomic E-state index is 14.1. The number of fused-ring (bicyclic) bond motifs is 2. The zero-order chi connectivity index (χ0) is 35.8. The Morgan fingerprint density at radius 2 is 0.920 bits per heavy atom. The highest BCUT2D eigenvalue weighted by Gasteiger charge is 2.29. The molecule has 0 saturated carbocycles. The number of rotatable bonds is 13. The van der Waals surface area contributed by atoms with Gasteiger partial charge in [-0.3, -0.25) is 8.61 Å². The molecule has 262 valence electrons. The molecule has 4 aromatic carbocycles. The maximum Gasteiger partial charge on any atom is 0.264 e. The maximum atomic E-state index is 14.1. The summed E-state index contributed by atoms with van der Waals surface area (Å²) in [5.74, 6) is 0. The molecule has 0 aliphatic carbocycles. The summed E-state index contributed by atoms with van der Waals surface area (Å²) in [7, 11) is -4.92. The molecule has 0 spiro atoms. The fourth-order valence-corrected chi connectivity index (χ4v) is 8.75. The zero-order valence-electron chi connectivity index (χ0n) is 28.9. The van der Waals surface area contributed by atoms with E-state index in [0.717, 1.165) is 22.3 Å². The number of aryl methyl sites for hydroxylation is 4. The van der Waals surface area contributed by atoms with Crippen LogP contribution in [0.2, 0.25) is 0 Å². The summed E-state index contributed by atoms with van der Waals surface area (Å²) in [5, 5.41) is 11.1. The van der Waals surface area contributed by atoms with Crippen LogP contribution in [-0.2, 0) is 29.5 Å². The van der Waals surface area contributed by atoms with Gasteiger partial charge in [-0.25, -0.2) is 16.8 Å². The van der Waals surface area contributed by atoms with Gasteiger partial charge in [0.05, 0.1) is 59.9 Å². The predicted octanol–water partition coefficient (Wildman–Crippen LogP) is 5.61. The zero-order valence-corrected chi connectivity index (χ0v) is 30.5. The summed E-state index contributed by atoms with van der Waals surface area (Å²) < 4.78 is 69.5. The van der Waals surface area contributed by atoms with Gasteiger partial charge in [-0.05, 0) is 87.4 Å². The van der Waals surface area contributed by atoms with Crippen molar-refractivity contribution in [3.8, 4) is 0 Å². The van der Waals surface area contributed by atoms with Crippen LogP contribution in [0.25, 0.3) is 21.8 Å². The number of methoxy groups -OCH3 is 2. The quantitative estimate of drug-likeness (QED) is 0.151. The van der Waals surface area contributed by atoms with Crippen LogP contribution >= 0.6 is 0 Å². The lowest BCUT2D eigenvalue weighted by Crippen LogP contribution is -2.34. The number of sulfonamides is 2. The van der Waals surface area contributed by atoms with Crippen molar-refractivity contribution < 1.29 is 26.3 Å². The van der Waals surface area contributed by atoms with Crippen LogP contribution in [-0.4, -0.2) is 77.1 Å². The van der Waals surface area contributed by atoms with E-state index in [9.17, 15) is 16.8 Å². The third-order valence-corrected chi connectivity index (χ3v) is 12.1. The second kappa shape index (κ2) is 13.9. The fraction of sp³-hybridized carbons (Fsp3) is 0.278. The molecule has 0 N–H and O–H groups in total. The third-order valence-electron chi connectivity index (χ3n) is 8.40. The first-order chi connectivity index (χ1) is 23.8. The van der Waals surface area contributed by atoms with Gasteiger partial charge in [-0.1, -0.05) is 35.4 Å². The van der Waals surface area contributed by atoms with Crippen molar-refractivity contribution in [3.05, 3.63) is 107 Å². The van der Waals surface area contributed by atoms with Gasteiger partial charge in [0.25, 0.3) is 20.0 Å². The van der Waals surface area contributed by atoms with Gasteiger partial charge in [-0.2, -0.15) is 9.58 Å². The number of benzene rings is 4. The predicted molar refractivity (Wildman–Crippen MR) is 195 cm³/mol. The normalized spacial score (nSPS) is 12.2. The molecule has 2 aromatic heterocycles. The number of aromatic nitrogens is 4. The Kier molecular flexibility index (Phi) is 9.73. The van der Waals surface area contributed by atoms with E-state index in [4.69, 9.17) is 19.7 Å². The molecule has 50 heavy (non-hydrogen) atoms. The molecule has 0 unspecified atom stereocenters. The first kappa shape index (κ1) is 35.1. The van der Waals surface area contributed by atoms with Crippen LogP contribution in [0, 0.1) is 27.7 Å². The van der Waals surface area contributed by atoms with Gasteiger partial charge < -0.3 is 9.47 Å². The fourth-order valence-electron chi connectivity index (χ4n) is 5.85. The van der Waals surface area contributed by atoms with E-state index in [-0.39, 0.29) is 36.1 Å². The van der Waals surface area contributed by atoms with E-state index in [0.29, 0.717) is 33.2 Å². The Hall–Kier alpha value is -4.76. The van der Waals surface area contributed by atoms with Gasteiger partial charge in [0.1, 0.15) is 11.0 Å². The molecule has 12 nitrogen and oxygen atoms in total. The third kappa shape index (κ3) is 6.71. The molecule has 6 rings (SSSR count). The highest BCUT2D eigenvalue weighted by Crippen LogP contribution is 2.34. The number of nitrogens with zero attached hydrogens (tertiary/aromatic N) is 6. The lowest BCUT2D eigenvalue weighted by atomic mass is 10.1. The van der Waals surface area contributed by atoms with E-state index in [2.05, 4.69) is 0 Å². The lowest BCUT2D eigenvalue weighted by molar-refractivity contribution is 0.208. The van der Waals surface area contributed by atoms with Crippen LogP contribution < -0.4 is 8.61 Å². The van der Waals surface area contributed by atoms with E-state index in [1.165, 1.54) is 32.4 Å². The molecular weight excluding hydrogens is 677 g/mol. The minimum Gasteiger partial charge on any atom is -0.383 e. The van der Waals surface area contributed by atoms with Crippen molar-refractivity contribution in [1.82, 2.24) is 19.8 Å². The Morgan fingerprint density at radius 1 is 0.560 bits per heavy atom. The summed E-state index contributed by atoms with van der Waals surface area (Å²) in [5.41, 5.74) is 5.27. The Balaban J connectivity index is 1.49. The van der Waals surface area contributed by atoms with Crippen molar-refractivity contribution >= 4 is 53.2 Å². The van der Waals surface area contributed by atoms with Crippen LogP contribution in [0.1, 0.15) is 22.3 Å². The summed E-state index contributed by atoms with van der Waals surface area (Å²) in [4.78, 5) is 3.36.